The molecule has 82 valence electrons. The molecular weight excluding hydrogens is 208 g/mol. The van der Waals surface area contributed by atoms with Crippen LogP contribution >= 0.6 is 11.8 Å². The summed E-state index contributed by atoms with van der Waals surface area (Å²) in [5.41, 5.74) is 1.78. The van der Waals surface area contributed by atoms with Crippen LogP contribution in [0.1, 0.15) is 22.8 Å². The van der Waals surface area contributed by atoms with Gasteiger partial charge < -0.3 is 4.74 Å². The molecule has 0 saturated carbocycles. The summed E-state index contributed by atoms with van der Waals surface area (Å²) in [7, 11) is 0. The third-order valence-electron chi connectivity index (χ3n) is 2.06. The fourth-order valence-electron chi connectivity index (χ4n) is 1.27. The average Bonchev–Trinajstić information content (AvgIpc) is 2.18. The van der Waals surface area contributed by atoms with Crippen LogP contribution in [0, 0.1) is 6.92 Å². The predicted molar refractivity (Wildman–Crippen MR) is 65.1 cm³/mol. The topological polar surface area (TPSA) is 26.3 Å². The van der Waals surface area contributed by atoms with Crippen molar-refractivity contribution in [3.63, 3.8) is 0 Å². The van der Waals surface area contributed by atoms with E-state index in [1.165, 1.54) is 0 Å². The van der Waals surface area contributed by atoms with E-state index >= 15 is 0 Å². The maximum atomic E-state index is 11.3. The van der Waals surface area contributed by atoms with Gasteiger partial charge >= 0.3 is 0 Å². The van der Waals surface area contributed by atoms with E-state index < -0.39 is 0 Å². The summed E-state index contributed by atoms with van der Waals surface area (Å²) in [6, 6.07) is 5.67. The van der Waals surface area contributed by atoms with Gasteiger partial charge in [0.2, 0.25) is 0 Å². The molecule has 0 saturated heterocycles. The van der Waals surface area contributed by atoms with Crippen molar-refractivity contribution in [2.24, 2.45) is 0 Å². The molecule has 0 N–H and O–H groups in total. The zero-order valence-electron chi connectivity index (χ0n) is 9.37. The van der Waals surface area contributed by atoms with Crippen molar-refractivity contribution in [3.8, 4) is 5.75 Å². The molecule has 2 nitrogen and oxygen atoms in total. The van der Waals surface area contributed by atoms with Gasteiger partial charge in [0.15, 0.2) is 5.78 Å². The van der Waals surface area contributed by atoms with E-state index in [9.17, 15) is 4.79 Å². The van der Waals surface area contributed by atoms with Crippen LogP contribution in [0.15, 0.2) is 18.2 Å². The molecule has 0 atom stereocenters. The highest BCUT2D eigenvalue weighted by molar-refractivity contribution is 7.98. The molecule has 0 heterocycles. The summed E-state index contributed by atoms with van der Waals surface area (Å²) in [5, 5.41) is 0. The Morgan fingerprint density at radius 2 is 2.20 bits per heavy atom. The highest BCUT2D eigenvalue weighted by atomic mass is 32.2. The molecule has 15 heavy (non-hydrogen) atoms. The summed E-state index contributed by atoms with van der Waals surface area (Å²) < 4.78 is 5.58. The van der Waals surface area contributed by atoms with Gasteiger partial charge in [-0.2, -0.15) is 11.8 Å². The first kappa shape index (κ1) is 12.1. The lowest BCUT2D eigenvalue weighted by Gasteiger charge is -2.09. The minimum atomic E-state index is 0.0501. The maximum Gasteiger partial charge on any atom is 0.163 e. The molecule has 0 unspecified atom stereocenters. The molecule has 0 aliphatic heterocycles. The molecule has 0 fully saturated rings. The number of thioether (sulfide) groups is 1. The first-order chi connectivity index (χ1) is 7.15. The van der Waals surface area contributed by atoms with Gasteiger partial charge in [-0.25, -0.2) is 0 Å². The van der Waals surface area contributed by atoms with Crippen LogP contribution in [0.25, 0.3) is 0 Å². The minimum absolute atomic E-state index is 0.0501. The lowest BCUT2D eigenvalue weighted by molar-refractivity contribution is 0.101. The van der Waals surface area contributed by atoms with Gasteiger partial charge in [0.1, 0.15) is 5.75 Å². The van der Waals surface area contributed by atoms with Gasteiger partial charge in [-0.1, -0.05) is 6.07 Å². The molecule has 0 aromatic heterocycles. The standard InChI is InChI=1S/C12H16O2S/c1-9-4-5-11(10(2)13)12(8-9)14-6-7-15-3/h4-5,8H,6-7H2,1-3H3. The second-order valence-corrected chi connectivity index (χ2v) is 4.38. The number of carbonyl (C=O) groups is 1. The summed E-state index contributed by atoms with van der Waals surface area (Å²) >= 11 is 1.73. The number of carbonyl (C=O) groups excluding carboxylic acids is 1. The zero-order valence-corrected chi connectivity index (χ0v) is 10.2. The number of Topliss-reactive ketones (excluding diaryl/α,β-unsaturated/α-hetero) is 1. The summed E-state index contributed by atoms with van der Waals surface area (Å²) in [5.74, 6) is 1.69. The first-order valence-electron chi connectivity index (χ1n) is 4.88. The van der Waals surface area contributed by atoms with Crippen molar-refractivity contribution in [2.75, 3.05) is 18.6 Å². The van der Waals surface area contributed by atoms with E-state index in [4.69, 9.17) is 4.74 Å². The quantitative estimate of drug-likeness (QED) is 0.568. The van der Waals surface area contributed by atoms with Crippen molar-refractivity contribution in [1.82, 2.24) is 0 Å². The molecule has 0 bridgehead atoms. The van der Waals surface area contributed by atoms with E-state index in [0.29, 0.717) is 17.9 Å². The number of hydrogen-bond donors (Lipinski definition) is 0. The Labute approximate surface area is 95.0 Å². The van der Waals surface area contributed by atoms with Gasteiger partial charge in [-0.05, 0) is 37.8 Å². The normalized spacial score (nSPS) is 10.1. The summed E-state index contributed by atoms with van der Waals surface area (Å²) in [6.45, 7) is 4.20. The zero-order chi connectivity index (χ0) is 11.3. The second-order valence-electron chi connectivity index (χ2n) is 3.40. The van der Waals surface area contributed by atoms with Crippen molar-refractivity contribution in [2.45, 2.75) is 13.8 Å². The Kier molecular flexibility index (Phi) is 4.69. The molecule has 0 amide bonds. The number of hydrogen-bond acceptors (Lipinski definition) is 3. The minimum Gasteiger partial charge on any atom is -0.492 e. The van der Waals surface area contributed by atoms with Crippen LogP contribution in [0.5, 0.6) is 5.75 Å². The van der Waals surface area contributed by atoms with Crippen LogP contribution < -0.4 is 4.74 Å². The molecule has 1 aromatic carbocycles. The molecule has 0 aliphatic rings. The highest BCUT2D eigenvalue weighted by Crippen LogP contribution is 2.20. The largest absolute Gasteiger partial charge is 0.492 e. The molecule has 1 aromatic rings. The van der Waals surface area contributed by atoms with Gasteiger partial charge in [0.05, 0.1) is 12.2 Å². The smallest absolute Gasteiger partial charge is 0.163 e. The van der Waals surface area contributed by atoms with Crippen molar-refractivity contribution in [3.05, 3.63) is 29.3 Å². The van der Waals surface area contributed by atoms with Crippen LogP contribution in [-0.2, 0) is 0 Å². The summed E-state index contributed by atoms with van der Waals surface area (Å²) in [4.78, 5) is 11.3. The Hall–Kier alpha value is -0.960. The SMILES string of the molecule is CSCCOc1cc(C)ccc1C(C)=O. The third-order valence-corrected chi connectivity index (χ3v) is 2.64. The van der Waals surface area contributed by atoms with E-state index in [-0.39, 0.29) is 5.78 Å². The molecule has 1 rings (SSSR count). The fraction of sp³-hybridized carbons (Fsp3) is 0.417. The van der Waals surface area contributed by atoms with Gasteiger partial charge in [0, 0.05) is 5.75 Å². The first-order valence-corrected chi connectivity index (χ1v) is 6.28. The molecule has 3 heteroatoms. The van der Waals surface area contributed by atoms with Crippen molar-refractivity contribution in [1.29, 1.82) is 0 Å². The van der Waals surface area contributed by atoms with Crippen LogP contribution in [0.3, 0.4) is 0 Å². The Morgan fingerprint density at radius 3 is 2.80 bits per heavy atom. The van der Waals surface area contributed by atoms with Crippen LogP contribution in [-0.4, -0.2) is 24.4 Å². The third kappa shape index (κ3) is 3.59. The van der Waals surface area contributed by atoms with E-state index in [0.717, 1.165) is 11.3 Å². The molecule has 0 spiro atoms. The Bertz CT molecular complexity index is 347. The van der Waals surface area contributed by atoms with Gasteiger partial charge in [-0.15, -0.1) is 0 Å². The lowest BCUT2D eigenvalue weighted by atomic mass is 10.1. The molecular formula is C12H16O2S. The van der Waals surface area contributed by atoms with Gasteiger partial charge in [0.25, 0.3) is 0 Å². The Balaban J connectivity index is 2.82. The highest BCUT2D eigenvalue weighted by Gasteiger charge is 2.07. The van der Waals surface area contributed by atoms with E-state index in [1.807, 2.05) is 31.4 Å². The van der Waals surface area contributed by atoms with Crippen molar-refractivity contribution >= 4 is 17.5 Å². The number of rotatable bonds is 5. The number of aryl methyl sites for hydroxylation is 1. The number of benzene rings is 1. The van der Waals surface area contributed by atoms with E-state index in [1.54, 1.807) is 18.7 Å². The number of ketones is 1. The van der Waals surface area contributed by atoms with Crippen LogP contribution in [0.4, 0.5) is 0 Å². The molecule has 0 aliphatic carbocycles. The molecule has 0 radical (unpaired) electrons. The monoisotopic (exact) mass is 224 g/mol. The predicted octanol–water partition coefficient (Wildman–Crippen LogP) is 2.94. The fourth-order valence-corrected chi connectivity index (χ4v) is 1.52. The lowest BCUT2D eigenvalue weighted by Crippen LogP contribution is -2.04. The maximum absolute atomic E-state index is 11.3. The Morgan fingerprint density at radius 1 is 1.47 bits per heavy atom. The second kappa shape index (κ2) is 5.81. The number of ether oxygens (including phenoxy) is 1. The van der Waals surface area contributed by atoms with E-state index in [2.05, 4.69) is 0 Å². The van der Waals surface area contributed by atoms with Gasteiger partial charge in [-0.3, -0.25) is 4.79 Å². The van der Waals surface area contributed by atoms with Crippen molar-refractivity contribution < 1.29 is 9.53 Å². The average molecular weight is 224 g/mol. The summed E-state index contributed by atoms with van der Waals surface area (Å²) in [6.07, 6.45) is 2.03. The van der Waals surface area contributed by atoms with Crippen LogP contribution in [0.2, 0.25) is 0 Å².